The second kappa shape index (κ2) is 17.1. The van der Waals surface area contributed by atoms with Crippen molar-refractivity contribution in [2.75, 3.05) is 39.6 Å². The molecule has 0 N–H and O–H groups in total. The molecule has 0 amide bonds. The average Bonchev–Trinajstić information content (AvgIpc) is 2.58. The minimum atomic E-state index is -5.50. The highest BCUT2D eigenvalue weighted by molar-refractivity contribution is 7.60. The van der Waals surface area contributed by atoms with Crippen LogP contribution in [0.3, 0.4) is 0 Å². The Morgan fingerprint density at radius 1 is 0.630 bits per heavy atom. The summed E-state index contributed by atoms with van der Waals surface area (Å²) in [5.74, 6) is 0. The second-order valence-corrected chi connectivity index (χ2v) is 8.95. The van der Waals surface area contributed by atoms with E-state index in [1.165, 1.54) is 0 Å². The maximum absolute atomic E-state index is 12.3. The van der Waals surface area contributed by atoms with Crippen LogP contribution in [-0.2, 0) is 32.0 Å². The summed E-state index contributed by atoms with van der Waals surface area (Å²) in [6, 6.07) is 0. The van der Waals surface area contributed by atoms with Gasteiger partial charge in [0.05, 0.1) is 21.0 Å². The van der Waals surface area contributed by atoms with E-state index in [4.69, 9.17) is 18.5 Å². The van der Waals surface area contributed by atoms with Crippen LogP contribution in [0, 0.1) is 0 Å². The van der Waals surface area contributed by atoms with Crippen LogP contribution in [0.2, 0.25) is 0 Å². The molecule has 0 aliphatic rings. The van der Waals surface area contributed by atoms with Gasteiger partial charge in [-0.05, 0) is 38.5 Å². The van der Waals surface area contributed by atoms with Crippen molar-refractivity contribution in [3.05, 3.63) is 0 Å². The Kier molecular flexibility index (Phi) is 17.2. The first-order valence-corrected chi connectivity index (χ1v) is 12.5. The average molecular weight is 432 g/mol. The second-order valence-electron chi connectivity index (χ2n) is 5.99. The minimum Gasteiger partial charge on any atom is -0.789 e. The number of hydrogen-bond acceptors (Lipinski definition) is 9. The van der Waals surface area contributed by atoms with Gasteiger partial charge in [-0.15, -0.1) is 0 Å². The number of hydrogen-bond donors (Lipinski definition) is 0. The van der Waals surface area contributed by atoms with E-state index in [2.05, 4.69) is 18.2 Å². The number of phosphoric acid groups is 2. The molecule has 164 valence electrons. The molecule has 0 aliphatic heterocycles. The standard InChI is InChI=1S/C16H36O9P2/c1-3-5-11-21-13-7-9-15-23-27(20,25-26(17,18)19)24-16-10-8-14-22-12-6-4-2/h3-16H2,1-2H3,(H2,17,18,19)/p-2. The van der Waals surface area contributed by atoms with Gasteiger partial charge in [0.15, 0.2) is 0 Å². The predicted octanol–water partition coefficient (Wildman–Crippen LogP) is 3.17. The van der Waals surface area contributed by atoms with Crippen molar-refractivity contribution in [3.8, 4) is 0 Å². The third kappa shape index (κ3) is 19.3. The van der Waals surface area contributed by atoms with Gasteiger partial charge < -0.3 is 23.8 Å². The van der Waals surface area contributed by atoms with Crippen molar-refractivity contribution in [1.29, 1.82) is 0 Å². The molecule has 9 nitrogen and oxygen atoms in total. The summed E-state index contributed by atoms with van der Waals surface area (Å²) in [7, 11) is -9.94. The zero-order valence-corrected chi connectivity index (χ0v) is 18.3. The van der Waals surface area contributed by atoms with Crippen LogP contribution in [0.4, 0.5) is 0 Å². The highest BCUT2D eigenvalue weighted by atomic mass is 31.3. The summed E-state index contributed by atoms with van der Waals surface area (Å²) in [5.41, 5.74) is 0. The van der Waals surface area contributed by atoms with E-state index in [1.807, 2.05) is 0 Å². The first-order valence-electron chi connectivity index (χ1n) is 9.61. The maximum Gasteiger partial charge on any atom is 0.478 e. The molecular weight excluding hydrogens is 398 g/mol. The molecule has 0 rings (SSSR count). The molecule has 0 aromatic heterocycles. The molecule has 0 aromatic carbocycles. The molecule has 0 fully saturated rings. The summed E-state index contributed by atoms with van der Waals surface area (Å²) >= 11 is 0. The Labute approximate surface area is 162 Å². The number of ether oxygens (including phenoxy) is 2. The lowest BCUT2D eigenvalue weighted by Gasteiger charge is -2.31. The van der Waals surface area contributed by atoms with E-state index in [-0.39, 0.29) is 13.2 Å². The molecule has 27 heavy (non-hydrogen) atoms. The monoisotopic (exact) mass is 432 g/mol. The smallest absolute Gasteiger partial charge is 0.478 e. The molecular formula is C16H34O9P2-2. The summed E-state index contributed by atoms with van der Waals surface area (Å²) < 4.78 is 47.7. The Balaban J connectivity index is 4.03. The van der Waals surface area contributed by atoms with E-state index in [1.54, 1.807) is 0 Å². The Hall–Kier alpha value is 0.180. The highest BCUT2D eigenvalue weighted by Crippen LogP contribution is 2.58. The fourth-order valence-corrected chi connectivity index (χ4v) is 4.01. The number of rotatable bonds is 20. The zero-order valence-electron chi connectivity index (χ0n) is 16.5. The largest absolute Gasteiger partial charge is 0.789 e. The first kappa shape index (κ1) is 27.2. The first-order chi connectivity index (χ1) is 12.8. The Morgan fingerprint density at radius 2 is 1.00 bits per heavy atom. The van der Waals surface area contributed by atoms with Gasteiger partial charge >= 0.3 is 7.82 Å². The fraction of sp³-hybridized carbons (Fsp3) is 1.00. The van der Waals surface area contributed by atoms with Crippen LogP contribution >= 0.6 is 15.6 Å². The van der Waals surface area contributed by atoms with Crippen LogP contribution in [-0.4, -0.2) is 39.6 Å². The molecule has 0 aromatic rings. The van der Waals surface area contributed by atoms with Crippen molar-refractivity contribution in [3.63, 3.8) is 0 Å². The topological polar surface area (TPSA) is 126 Å². The Morgan fingerprint density at radius 3 is 1.37 bits per heavy atom. The maximum atomic E-state index is 12.3. The van der Waals surface area contributed by atoms with E-state index < -0.39 is 15.6 Å². The van der Waals surface area contributed by atoms with E-state index in [9.17, 15) is 18.9 Å². The molecule has 0 aliphatic carbocycles. The van der Waals surface area contributed by atoms with Gasteiger partial charge in [0.2, 0.25) is 0 Å². The molecule has 0 radical (unpaired) electrons. The van der Waals surface area contributed by atoms with Crippen LogP contribution in [0.15, 0.2) is 0 Å². The van der Waals surface area contributed by atoms with Crippen molar-refractivity contribution in [2.45, 2.75) is 65.2 Å². The van der Waals surface area contributed by atoms with Crippen molar-refractivity contribution in [2.24, 2.45) is 0 Å². The lowest BCUT2D eigenvalue weighted by molar-refractivity contribution is -0.334. The predicted molar refractivity (Wildman–Crippen MR) is 98.1 cm³/mol. The van der Waals surface area contributed by atoms with Crippen molar-refractivity contribution in [1.82, 2.24) is 0 Å². The normalized spacial score (nSPS) is 12.6. The lowest BCUT2D eigenvalue weighted by atomic mass is 10.3. The Bertz CT molecular complexity index is 404. The molecule has 0 saturated carbocycles. The third-order valence-corrected chi connectivity index (χ3v) is 5.95. The summed E-state index contributed by atoms with van der Waals surface area (Å²) in [6.45, 7) is 6.42. The van der Waals surface area contributed by atoms with Crippen molar-refractivity contribution < 1.29 is 41.7 Å². The molecule has 0 heterocycles. The van der Waals surface area contributed by atoms with Gasteiger partial charge in [-0.2, -0.15) is 0 Å². The van der Waals surface area contributed by atoms with Gasteiger partial charge in [0.25, 0.3) is 0 Å². The molecule has 0 spiro atoms. The zero-order chi connectivity index (χ0) is 20.4. The van der Waals surface area contributed by atoms with Gasteiger partial charge in [-0.3, -0.25) is 13.4 Å². The van der Waals surface area contributed by atoms with E-state index >= 15 is 0 Å². The lowest BCUT2D eigenvalue weighted by Crippen LogP contribution is -2.17. The number of unbranched alkanes of at least 4 members (excludes halogenated alkanes) is 4. The number of phosphoric ester groups is 1. The van der Waals surface area contributed by atoms with Gasteiger partial charge in [-0.1, -0.05) is 26.7 Å². The molecule has 0 bridgehead atoms. The highest BCUT2D eigenvalue weighted by Gasteiger charge is 2.28. The summed E-state index contributed by atoms with van der Waals surface area (Å²) in [4.78, 5) is 21.6. The quantitative estimate of drug-likeness (QED) is 0.210. The third-order valence-electron chi connectivity index (χ3n) is 3.35. The summed E-state index contributed by atoms with van der Waals surface area (Å²) in [6.07, 6.45) is 6.30. The molecule has 11 heteroatoms. The summed E-state index contributed by atoms with van der Waals surface area (Å²) in [5, 5.41) is 0. The molecule has 0 atom stereocenters. The van der Waals surface area contributed by atoms with Crippen LogP contribution in [0.1, 0.15) is 65.2 Å². The van der Waals surface area contributed by atoms with Crippen molar-refractivity contribution >= 4 is 15.6 Å². The van der Waals surface area contributed by atoms with Crippen LogP contribution in [0.25, 0.3) is 0 Å². The van der Waals surface area contributed by atoms with Crippen LogP contribution < -0.4 is 9.79 Å². The molecule has 0 unspecified atom stereocenters. The van der Waals surface area contributed by atoms with Gasteiger partial charge in [0, 0.05) is 26.4 Å². The minimum absolute atomic E-state index is 0.0610. The fourth-order valence-electron chi connectivity index (χ4n) is 1.87. The van der Waals surface area contributed by atoms with Crippen LogP contribution in [0.5, 0.6) is 0 Å². The SMILES string of the molecule is CCCCOCCCCOP(=O)(OCCCCOCCCC)OP(=O)([O-])[O-]. The van der Waals surface area contributed by atoms with E-state index in [0.29, 0.717) is 52.1 Å². The molecule has 0 saturated heterocycles. The van der Waals surface area contributed by atoms with E-state index in [0.717, 1.165) is 25.7 Å². The van der Waals surface area contributed by atoms with Gasteiger partial charge in [0.1, 0.15) is 0 Å². The van der Waals surface area contributed by atoms with Gasteiger partial charge in [-0.25, -0.2) is 4.57 Å².